The second-order valence-electron chi connectivity index (χ2n) is 8.25. The molecule has 0 atom stereocenters. The zero-order chi connectivity index (χ0) is 19.4. The quantitative estimate of drug-likeness (QED) is 0.731. The van der Waals surface area contributed by atoms with Gasteiger partial charge in [0.15, 0.2) is 5.76 Å². The van der Waals surface area contributed by atoms with Crippen LogP contribution in [0.25, 0.3) is 0 Å². The summed E-state index contributed by atoms with van der Waals surface area (Å²) in [6.07, 6.45) is 3.59. The lowest BCUT2D eigenvalue weighted by Crippen LogP contribution is -2.48. The van der Waals surface area contributed by atoms with Crippen LogP contribution in [0.4, 0.5) is 4.79 Å². The summed E-state index contributed by atoms with van der Waals surface area (Å²) in [4.78, 5) is 30.6. The molecule has 2 saturated heterocycles. The molecular formula is C20H31N3O4. The van der Waals surface area contributed by atoms with Crippen LogP contribution >= 0.6 is 0 Å². The minimum atomic E-state index is -0.444. The van der Waals surface area contributed by atoms with Gasteiger partial charge in [-0.05, 0) is 38.1 Å². The molecule has 0 bridgehead atoms. The number of carbonyl (C=O) groups excluding carboxylic acids is 2. The average Bonchev–Trinajstić information content (AvgIpc) is 3.24. The van der Waals surface area contributed by atoms with Crippen LogP contribution in [0.5, 0.6) is 0 Å². The van der Waals surface area contributed by atoms with Gasteiger partial charge < -0.3 is 23.9 Å². The van der Waals surface area contributed by atoms with Gasteiger partial charge >= 0.3 is 6.09 Å². The van der Waals surface area contributed by atoms with Gasteiger partial charge in [0.05, 0.1) is 12.8 Å². The number of ether oxygens (including phenoxy) is 1. The predicted octanol–water partition coefficient (Wildman–Crippen LogP) is 2.68. The van der Waals surface area contributed by atoms with Gasteiger partial charge in [-0.2, -0.15) is 0 Å². The molecule has 0 N–H and O–H groups in total. The summed E-state index contributed by atoms with van der Waals surface area (Å²) in [5.74, 6) is 0.912. The summed E-state index contributed by atoms with van der Waals surface area (Å²) in [6, 6.07) is 3.40. The third-order valence-corrected chi connectivity index (χ3v) is 5.38. The zero-order valence-electron chi connectivity index (χ0n) is 16.6. The van der Waals surface area contributed by atoms with Crippen molar-refractivity contribution in [3.8, 4) is 0 Å². The fourth-order valence-electron chi connectivity index (χ4n) is 4.04. The number of hydrogen-bond acceptors (Lipinski definition) is 5. The van der Waals surface area contributed by atoms with Gasteiger partial charge in [-0.3, -0.25) is 4.79 Å². The normalized spacial score (nSPS) is 19.4. The molecule has 2 amide bonds. The van der Waals surface area contributed by atoms with Crippen molar-refractivity contribution in [3.63, 3.8) is 0 Å². The Morgan fingerprint density at radius 1 is 1.33 bits per heavy atom. The highest BCUT2D eigenvalue weighted by Gasteiger charge is 2.47. The number of furan rings is 1. The largest absolute Gasteiger partial charge is 0.459 e. The molecule has 150 valence electrons. The molecular weight excluding hydrogens is 346 g/mol. The van der Waals surface area contributed by atoms with Crippen LogP contribution in [0.2, 0.25) is 0 Å². The van der Waals surface area contributed by atoms with E-state index in [0.717, 1.165) is 26.1 Å². The lowest BCUT2D eigenvalue weighted by atomic mass is 9.91. The van der Waals surface area contributed by atoms with Gasteiger partial charge in [-0.15, -0.1) is 0 Å². The van der Waals surface area contributed by atoms with Crippen molar-refractivity contribution in [1.82, 2.24) is 14.7 Å². The van der Waals surface area contributed by atoms with E-state index in [-0.39, 0.29) is 12.0 Å². The first-order valence-electron chi connectivity index (χ1n) is 9.88. The number of amides is 2. The predicted molar refractivity (Wildman–Crippen MR) is 102 cm³/mol. The second-order valence-corrected chi connectivity index (χ2v) is 8.25. The van der Waals surface area contributed by atoms with Gasteiger partial charge in [0, 0.05) is 39.0 Å². The van der Waals surface area contributed by atoms with Crippen LogP contribution in [0.1, 0.15) is 43.7 Å². The highest BCUT2D eigenvalue weighted by atomic mass is 16.6. The third-order valence-electron chi connectivity index (χ3n) is 5.38. The first kappa shape index (κ1) is 19.7. The van der Waals surface area contributed by atoms with Crippen molar-refractivity contribution >= 4 is 12.0 Å². The number of likely N-dealkylation sites (tertiary alicyclic amines) is 1. The van der Waals surface area contributed by atoms with E-state index >= 15 is 0 Å². The SMILES string of the molecule is CC(C)CN(C)CCCN1CC2(CCN(C(=O)c3ccco3)CC2)OC1=O. The Hall–Kier alpha value is -2.02. The first-order chi connectivity index (χ1) is 12.9. The maximum Gasteiger partial charge on any atom is 0.410 e. The number of hydrogen-bond donors (Lipinski definition) is 0. The lowest BCUT2D eigenvalue weighted by Gasteiger charge is -2.37. The summed E-state index contributed by atoms with van der Waals surface area (Å²) in [5, 5.41) is 0. The van der Waals surface area contributed by atoms with Gasteiger partial charge in [-0.1, -0.05) is 13.8 Å². The summed E-state index contributed by atoms with van der Waals surface area (Å²) in [5.41, 5.74) is -0.444. The summed E-state index contributed by atoms with van der Waals surface area (Å²) >= 11 is 0. The van der Waals surface area contributed by atoms with Gasteiger partial charge in [-0.25, -0.2) is 4.79 Å². The molecule has 0 aliphatic carbocycles. The maximum absolute atomic E-state index is 12.4. The molecule has 1 spiro atoms. The Kier molecular flexibility index (Phi) is 6.09. The minimum absolute atomic E-state index is 0.0933. The van der Waals surface area contributed by atoms with Crippen molar-refractivity contribution in [3.05, 3.63) is 24.2 Å². The summed E-state index contributed by atoms with van der Waals surface area (Å²) in [7, 11) is 2.12. The topological polar surface area (TPSA) is 66.2 Å². The minimum Gasteiger partial charge on any atom is -0.459 e. The maximum atomic E-state index is 12.4. The van der Waals surface area contributed by atoms with Crippen LogP contribution in [-0.2, 0) is 4.74 Å². The van der Waals surface area contributed by atoms with Crippen molar-refractivity contribution in [1.29, 1.82) is 0 Å². The van der Waals surface area contributed by atoms with Gasteiger partial charge in [0.1, 0.15) is 5.60 Å². The van der Waals surface area contributed by atoms with E-state index in [9.17, 15) is 9.59 Å². The van der Waals surface area contributed by atoms with E-state index in [1.807, 2.05) is 4.90 Å². The molecule has 1 aromatic rings. The Balaban J connectivity index is 1.45. The van der Waals surface area contributed by atoms with Crippen LogP contribution in [0, 0.1) is 5.92 Å². The molecule has 3 rings (SSSR count). The Labute approximate surface area is 161 Å². The Morgan fingerprint density at radius 3 is 2.70 bits per heavy atom. The van der Waals surface area contributed by atoms with E-state index < -0.39 is 5.60 Å². The Morgan fingerprint density at radius 2 is 2.07 bits per heavy atom. The molecule has 2 fully saturated rings. The van der Waals surface area contributed by atoms with Crippen molar-refractivity contribution < 1.29 is 18.7 Å². The molecule has 7 heteroatoms. The number of rotatable bonds is 7. The van der Waals surface area contributed by atoms with Crippen LogP contribution in [0.3, 0.4) is 0 Å². The van der Waals surface area contributed by atoms with Crippen molar-refractivity contribution in [2.45, 2.75) is 38.7 Å². The molecule has 27 heavy (non-hydrogen) atoms. The molecule has 3 heterocycles. The van der Waals surface area contributed by atoms with Gasteiger partial charge in [0.25, 0.3) is 5.91 Å². The highest BCUT2D eigenvalue weighted by Crippen LogP contribution is 2.33. The van der Waals surface area contributed by atoms with Crippen LogP contribution < -0.4 is 0 Å². The van der Waals surface area contributed by atoms with E-state index in [0.29, 0.717) is 44.2 Å². The van der Waals surface area contributed by atoms with E-state index in [2.05, 4.69) is 25.8 Å². The standard InChI is InChI=1S/C20H31N3O4/c1-16(2)14-21(3)9-5-10-23-15-20(27-19(23)25)7-11-22(12-8-20)18(24)17-6-4-13-26-17/h4,6,13,16H,5,7-12,14-15H2,1-3H3. The smallest absolute Gasteiger partial charge is 0.410 e. The lowest BCUT2D eigenvalue weighted by molar-refractivity contribution is 0.00226. The average molecular weight is 377 g/mol. The monoisotopic (exact) mass is 377 g/mol. The molecule has 7 nitrogen and oxygen atoms in total. The Bertz CT molecular complexity index is 636. The second kappa shape index (κ2) is 8.33. The fraction of sp³-hybridized carbons (Fsp3) is 0.700. The molecule has 0 saturated carbocycles. The highest BCUT2D eigenvalue weighted by molar-refractivity contribution is 5.91. The zero-order valence-corrected chi connectivity index (χ0v) is 16.6. The number of carbonyl (C=O) groups is 2. The third kappa shape index (κ3) is 4.83. The molecule has 0 aromatic carbocycles. The first-order valence-corrected chi connectivity index (χ1v) is 9.88. The molecule has 0 radical (unpaired) electrons. The van der Waals surface area contributed by atoms with Crippen LogP contribution in [-0.4, -0.2) is 78.6 Å². The van der Waals surface area contributed by atoms with Gasteiger partial charge in [0.2, 0.25) is 0 Å². The van der Waals surface area contributed by atoms with E-state index in [1.165, 1.54) is 6.26 Å². The molecule has 2 aliphatic heterocycles. The number of nitrogens with zero attached hydrogens (tertiary/aromatic N) is 3. The number of piperidine rings is 1. The molecule has 1 aromatic heterocycles. The fourth-order valence-corrected chi connectivity index (χ4v) is 4.04. The van der Waals surface area contributed by atoms with E-state index in [1.54, 1.807) is 17.0 Å². The molecule has 0 unspecified atom stereocenters. The van der Waals surface area contributed by atoms with E-state index in [4.69, 9.17) is 9.15 Å². The van der Waals surface area contributed by atoms with Crippen molar-refractivity contribution in [2.24, 2.45) is 5.92 Å². The van der Waals surface area contributed by atoms with Crippen molar-refractivity contribution in [2.75, 3.05) is 46.3 Å². The molecule has 2 aliphatic rings. The summed E-state index contributed by atoms with van der Waals surface area (Å²) in [6.45, 7) is 8.96. The summed E-state index contributed by atoms with van der Waals surface area (Å²) < 4.78 is 11.0. The van der Waals surface area contributed by atoms with Crippen LogP contribution in [0.15, 0.2) is 22.8 Å².